The highest BCUT2D eigenvalue weighted by Gasteiger charge is 2.17. The van der Waals surface area contributed by atoms with Crippen molar-refractivity contribution in [2.24, 2.45) is 17.6 Å². The van der Waals surface area contributed by atoms with Crippen LogP contribution in [0.15, 0.2) is 24.3 Å². The molecule has 0 aliphatic carbocycles. The molecule has 1 atom stereocenters. The van der Waals surface area contributed by atoms with Gasteiger partial charge in [0.2, 0.25) is 5.91 Å². The van der Waals surface area contributed by atoms with Gasteiger partial charge in [0.25, 0.3) is 0 Å². The maximum atomic E-state index is 12.2. The minimum absolute atomic E-state index is 0.0572. The monoisotopic (exact) mass is 264 g/mol. The Kier molecular flexibility index (Phi) is 5.83. The maximum Gasteiger partial charge on any atom is 0.227 e. The molecule has 1 rings (SSSR count). The van der Waals surface area contributed by atoms with Crippen molar-refractivity contribution in [1.29, 1.82) is 0 Å². The zero-order chi connectivity index (χ0) is 14.4. The fourth-order valence-corrected chi connectivity index (χ4v) is 2.13. The van der Waals surface area contributed by atoms with Gasteiger partial charge in [-0.3, -0.25) is 4.79 Å². The number of phenolic OH excluding ortho intramolecular Hbond substituents is 1. The lowest BCUT2D eigenvalue weighted by molar-refractivity contribution is -0.119. The number of benzene rings is 1. The highest BCUT2D eigenvalue weighted by Crippen LogP contribution is 2.20. The lowest BCUT2D eigenvalue weighted by Gasteiger charge is -2.22. The van der Waals surface area contributed by atoms with E-state index in [9.17, 15) is 9.90 Å². The van der Waals surface area contributed by atoms with Crippen LogP contribution in [0.5, 0.6) is 5.75 Å². The first-order chi connectivity index (χ1) is 8.93. The number of anilines is 1. The summed E-state index contributed by atoms with van der Waals surface area (Å²) >= 11 is 0. The Morgan fingerprint density at radius 3 is 2.37 bits per heavy atom. The first-order valence-corrected chi connectivity index (χ1v) is 6.69. The number of hydrogen-bond acceptors (Lipinski definition) is 3. The number of nitrogens with two attached hydrogens (primary N) is 1. The Balaban J connectivity index is 2.63. The molecule has 3 N–H and O–H groups in total. The number of carbonyl (C=O) groups is 1. The number of hydrogen-bond donors (Lipinski definition) is 2. The first kappa shape index (κ1) is 15.5. The molecule has 0 aliphatic heterocycles. The van der Waals surface area contributed by atoms with Gasteiger partial charge in [-0.05, 0) is 49.1 Å². The second-order valence-electron chi connectivity index (χ2n) is 5.40. The molecule has 0 saturated carbocycles. The first-order valence-electron chi connectivity index (χ1n) is 6.69. The third-order valence-corrected chi connectivity index (χ3v) is 3.21. The van der Waals surface area contributed by atoms with Crippen molar-refractivity contribution in [3.8, 4) is 5.75 Å². The van der Waals surface area contributed by atoms with Gasteiger partial charge in [0.1, 0.15) is 5.75 Å². The molecular formula is C15H24N2O2. The molecule has 0 heterocycles. The van der Waals surface area contributed by atoms with E-state index < -0.39 is 0 Å². The van der Waals surface area contributed by atoms with Crippen LogP contribution < -0.4 is 10.6 Å². The molecule has 0 radical (unpaired) electrons. The second kappa shape index (κ2) is 7.14. The summed E-state index contributed by atoms with van der Waals surface area (Å²) < 4.78 is 0. The summed E-state index contributed by atoms with van der Waals surface area (Å²) in [7, 11) is 1.75. The molecule has 0 bridgehead atoms. The quantitative estimate of drug-likeness (QED) is 0.829. The number of amides is 1. The van der Waals surface area contributed by atoms with Crippen molar-refractivity contribution >= 4 is 11.6 Å². The van der Waals surface area contributed by atoms with Gasteiger partial charge in [-0.25, -0.2) is 0 Å². The summed E-state index contributed by atoms with van der Waals surface area (Å²) in [4.78, 5) is 13.8. The van der Waals surface area contributed by atoms with E-state index in [-0.39, 0.29) is 17.6 Å². The highest BCUT2D eigenvalue weighted by atomic mass is 16.3. The minimum Gasteiger partial charge on any atom is -0.508 e. The van der Waals surface area contributed by atoms with E-state index >= 15 is 0 Å². The van der Waals surface area contributed by atoms with Gasteiger partial charge in [0.05, 0.1) is 0 Å². The largest absolute Gasteiger partial charge is 0.508 e. The number of rotatable bonds is 6. The van der Waals surface area contributed by atoms with Gasteiger partial charge in [-0.15, -0.1) is 0 Å². The predicted octanol–water partition coefficient (Wildman–Crippen LogP) is 2.37. The van der Waals surface area contributed by atoms with Crippen LogP contribution in [0.3, 0.4) is 0 Å². The van der Waals surface area contributed by atoms with Gasteiger partial charge in [-0.2, -0.15) is 0 Å². The van der Waals surface area contributed by atoms with Crippen LogP contribution >= 0.6 is 0 Å². The van der Waals surface area contributed by atoms with Gasteiger partial charge in [0.15, 0.2) is 0 Å². The van der Waals surface area contributed by atoms with Gasteiger partial charge in [-0.1, -0.05) is 13.8 Å². The Morgan fingerprint density at radius 1 is 1.32 bits per heavy atom. The lowest BCUT2D eigenvalue weighted by atomic mass is 9.94. The number of carbonyl (C=O) groups excluding carboxylic acids is 1. The maximum absolute atomic E-state index is 12.2. The lowest BCUT2D eigenvalue weighted by Crippen LogP contribution is -2.30. The van der Waals surface area contributed by atoms with Crippen molar-refractivity contribution in [2.75, 3.05) is 18.5 Å². The topological polar surface area (TPSA) is 66.6 Å². The fourth-order valence-electron chi connectivity index (χ4n) is 2.13. The second-order valence-corrected chi connectivity index (χ2v) is 5.40. The summed E-state index contributed by atoms with van der Waals surface area (Å²) in [6.45, 7) is 4.81. The molecule has 0 aromatic heterocycles. The summed E-state index contributed by atoms with van der Waals surface area (Å²) in [5.41, 5.74) is 6.50. The van der Waals surface area contributed by atoms with E-state index in [0.29, 0.717) is 18.9 Å². The smallest absolute Gasteiger partial charge is 0.227 e. The van der Waals surface area contributed by atoms with Crippen LogP contribution in [-0.2, 0) is 4.79 Å². The van der Waals surface area contributed by atoms with Gasteiger partial charge in [0, 0.05) is 19.2 Å². The van der Waals surface area contributed by atoms with Crippen LogP contribution in [0.1, 0.15) is 26.7 Å². The Hall–Kier alpha value is -1.55. The van der Waals surface area contributed by atoms with Crippen LogP contribution in [0.4, 0.5) is 5.69 Å². The molecule has 0 aliphatic rings. The van der Waals surface area contributed by atoms with Crippen LogP contribution in [0, 0.1) is 11.8 Å². The fraction of sp³-hybridized carbons (Fsp3) is 0.533. The van der Waals surface area contributed by atoms with E-state index in [1.165, 1.54) is 0 Å². The molecule has 0 spiro atoms. The molecule has 4 nitrogen and oxygen atoms in total. The van der Waals surface area contributed by atoms with E-state index in [1.54, 1.807) is 36.2 Å². The Morgan fingerprint density at radius 2 is 1.89 bits per heavy atom. The molecule has 1 aromatic carbocycles. The van der Waals surface area contributed by atoms with Crippen molar-refractivity contribution in [3.63, 3.8) is 0 Å². The zero-order valence-corrected chi connectivity index (χ0v) is 12.0. The van der Waals surface area contributed by atoms with E-state index in [2.05, 4.69) is 13.8 Å². The number of phenols is 1. The predicted molar refractivity (Wildman–Crippen MR) is 78.1 cm³/mol. The van der Waals surface area contributed by atoms with Crippen LogP contribution in [0.2, 0.25) is 0 Å². The molecule has 0 fully saturated rings. The summed E-state index contributed by atoms with van der Waals surface area (Å²) in [5, 5.41) is 9.24. The average molecular weight is 264 g/mol. The van der Waals surface area contributed by atoms with E-state index in [4.69, 9.17) is 5.73 Å². The number of aromatic hydroxyl groups is 1. The Labute approximate surface area is 115 Å². The SMILES string of the molecule is CC(C)CC(CN)CC(=O)N(C)c1ccc(O)cc1. The van der Waals surface area contributed by atoms with Crippen LogP contribution in [-0.4, -0.2) is 24.6 Å². The molecule has 1 amide bonds. The van der Waals surface area contributed by atoms with Gasteiger partial charge >= 0.3 is 0 Å². The minimum atomic E-state index is 0.0572. The summed E-state index contributed by atoms with van der Waals surface area (Å²) in [6, 6.07) is 6.61. The molecule has 19 heavy (non-hydrogen) atoms. The van der Waals surface area contributed by atoms with E-state index in [0.717, 1.165) is 12.1 Å². The summed E-state index contributed by atoms with van der Waals surface area (Å²) in [6.07, 6.45) is 1.43. The molecular weight excluding hydrogens is 240 g/mol. The Bertz CT molecular complexity index is 401. The molecule has 1 aromatic rings. The average Bonchev–Trinajstić information content (AvgIpc) is 2.37. The molecule has 0 saturated heterocycles. The third kappa shape index (κ3) is 4.91. The summed E-state index contributed by atoms with van der Waals surface area (Å²) in [5.74, 6) is 1.03. The van der Waals surface area contributed by atoms with Gasteiger partial charge < -0.3 is 15.7 Å². The van der Waals surface area contributed by atoms with Crippen molar-refractivity contribution in [1.82, 2.24) is 0 Å². The number of nitrogens with zero attached hydrogens (tertiary/aromatic N) is 1. The van der Waals surface area contributed by atoms with E-state index in [1.807, 2.05) is 0 Å². The normalized spacial score (nSPS) is 12.5. The van der Waals surface area contributed by atoms with Crippen molar-refractivity contribution < 1.29 is 9.90 Å². The van der Waals surface area contributed by atoms with Crippen molar-refractivity contribution in [2.45, 2.75) is 26.7 Å². The molecule has 106 valence electrons. The van der Waals surface area contributed by atoms with Crippen molar-refractivity contribution in [3.05, 3.63) is 24.3 Å². The zero-order valence-electron chi connectivity index (χ0n) is 12.0. The standard InChI is InChI=1S/C15H24N2O2/c1-11(2)8-12(10-16)9-15(19)17(3)13-4-6-14(18)7-5-13/h4-7,11-12,18H,8-10,16H2,1-3H3. The third-order valence-electron chi connectivity index (χ3n) is 3.21. The molecule has 4 heteroatoms. The molecule has 1 unspecified atom stereocenters. The van der Waals surface area contributed by atoms with Crippen LogP contribution in [0.25, 0.3) is 0 Å². The highest BCUT2D eigenvalue weighted by molar-refractivity contribution is 5.92.